The molecular formula is C30H29F3N6O2S. The van der Waals surface area contributed by atoms with Crippen molar-refractivity contribution >= 4 is 28.6 Å². The van der Waals surface area contributed by atoms with Crippen LogP contribution in [0.2, 0.25) is 0 Å². The van der Waals surface area contributed by atoms with Gasteiger partial charge in [0.25, 0.3) is 0 Å². The van der Waals surface area contributed by atoms with Crippen LogP contribution in [0.25, 0.3) is 17.1 Å². The summed E-state index contributed by atoms with van der Waals surface area (Å²) >= 11 is 1.59. The van der Waals surface area contributed by atoms with Crippen LogP contribution in [0.1, 0.15) is 28.7 Å². The fourth-order valence-corrected chi connectivity index (χ4v) is 5.80. The van der Waals surface area contributed by atoms with E-state index in [0.29, 0.717) is 23.2 Å². The molecule has 2 amide bonds. The van der Waals surface area contributed by atoms with E-state index in [1.807, 2.05) is 24.3 Å². The van der Waals surface area contributed by atoms with Crippen LogP contribution in [-0.2, 0) is 6.54 Å². The molecule has 4 aromatic rings. The highest BCUT2D eigenvalue weighted by molar-refractivity contribution is 8.14. The molecule has 1 aliphatic rings. The maximum Gasteiger partial charge on any atom is 0.573 e. The van der Waals surface area contributed by atoms with Crippen LogP contribution in [0.15, 0.2) is 72.0 Å². The van der Waals surface area contributed by atoms with Gasteiger partial charge in [-0.2, -0.15) is 4.99 Å². The topological polar surface area (TPSA) is 84.6 Å². The third kappa shape index (κ3) is 7.11. The average molecular weight is 595 g/mol. The monoisotopic (exact) mass is 594 g/mol. The van der Waals surface area contributed by atoms with Gasteiger partial charge < -0.3 is 15.0 Å². The molecule has 1 fully saturated rings. The number of halogens is 3. The number of nitrogens with zero attached hydrogens (tertiary/aromatic N) is 5. The zero-order valence-corrected chi connectivity index (χ0v) is 24.1. The molecule has 42 heavy (non-hydrogen) atoms. The smallest absolute Gasteiger partial charge is 0.406 e. The number of anilines is 1. The molecule has 0 saturated carbocycles. The quantitative estimate of drug-likeness (QED) is 0.260. The number of amides is 2. The number of aromatic nitrogens is 3. The molecule has 12 heteroatoms. The van der Waals surface area contributed by atoms with Crippen molar-refractivity contribution < 1.29 is 22.7 Å². The normalized spacial score (nSPS) is 14.7. The summed E-state index contributed by atoms with van der Waals surface area (Å²) in [7, 11) is 0. The molecule has 1 saturated heterocycles. The van der Waals surface area contributed by atoms with E-state index in [0.717, 1.165) is 46.7 Å². The van der Waals surface area contributed by atoms with Crippen LogP contribution in [0, 0.1) is 20.8 Å². The number of hydrogen-bond acceptors (Lipinski definition) is 5. The van der Waals surface area contributed by atoms with Crippen LogP contribution in [-0.4, -0.2) is 44.6 Å². The number of benzene rings is 3. The minimum absolute atomic E-state index is 0.303. The molecule has 0 atom stereocenters. The lowest BCUT2D eigenvalue weighted by molar-refractivity contribution is -0.274. The van der Waals surface area contributed by atoms with Crippen LogP contribution in [0.3, 0.4) is 0 Å². The number of thioether (sulfide) groups is 1. The van der Waals surface area contributed by atoms with Gasteiger partial charge in [-0.25, -0.2) is 14.5 Å². The van der Waals surface area contributed by atoms with E-state index in [-0.39, 0.29) is 5.75 Å². The van der Waals surface area contributed by atoms with Gasteiger partial charge in [0.1, 0.15) is 12.1 Å². The fraction of sp³-hybridized carbons (Fsp3) is 0.267. The molecule has 0 unspecified atom stereocenters. The number of urea groups is 1. The maximum absolute atomic E-state index is 12.8. The van der Waals surface area contributed by atoms with Crippen LogP contribution in [0.4, 0.5) is 23.7 Å². The first kappa shape index (κ1) is 29.2. The Morgan fingerprint density at radius 2 is 1.74 bits per heavy atom. The largest absolute Gasteiger partial charge is 0.573 e. The zero-order valence-electron chi connectivity index (χ0n) is 23.3. The Morgan fingerprint density at radius 1 is 1.05 bits per heavy atom. The van der Waals surface area contributed by atoms with Gasteiger partial charge >= 0.3 is 12.4 Å². The van der Waals surface area contributed by atoms with E-state index in [1.54, 1.807) is 11.8 Å². The third-order valence-electron chi connectivity index (χ3n) is 6.57. The van der Waals surface area contributed by atoms with Gasteiger partial charge in [0.05, 0.1) is 5.69 Å². The van der Waals surface area contributed by atoms with Crippen molar-refractivity contribution in [3.05, 3.63) is 89.2 Å². The number of ether oxygens (including phenoxy) is 1. The molecule has 2 heterocycles. The van der Waals surface area contributed by atoms with Crippen molar-refractivity contribution in [2.45, 2.75) is 40.1 Å². The summed E-state index contributed by atoms with van der Waals surface area (Å²) in [5.74, 6) is 1.05. The van der Waals surface area contributed by atoms with Crippen molar-refractivity contribution in [2.24, 2.45) is 4.99 Å². The minimum atomic E-state index is -4.75. The third-order valence-corrected chi connectivity index (χ3v) is 7.64. The van der Waals surface area contributed by atoms with Gasteiger partial charge in [0.15, 0.2) is 11.0 Å². The summed E-state index contributed by atoms with van der Waals surface area (Å²) in [6.45, 7) is 7.37. The van der Waals surface area contributed by atoms with Gasteiger partial charge in [-0.05, 0) is 68.1 Å². The van der Waals surface area contributed by atoms with Gasteiger partial charge in [0.2, 0.25) is 0 Å². The molecule has 1 N–H and O–H groups in total. The molecule has 0 radical (unpaired) electrons. The fourth-order valence-electron chi connectivity index (χ4n) is 4.85. The Morgan fingerprint density at radius 3 is 2.40 bits per heavy atom. The lowest BCUT2D eigenvalue weighted by Gasteiger charge is -2.32. The van der Waals surface area contributed by atoms with Crippen molar-refractivity contribution in [3.63, 3.8) is 0 Å². The van der Waals surface area contributed by atoms with E-state index in [2.05, 4.69) is 62.9 Å². The van der Waals surface area contributed by atoms with Crippen molar-refractivity contribution in [2.75, 3.05) is 17.2 Å². The molecule has 0 spiro atoms. The van der Waals surface area contributed by atoms with Crippen LogP contribution < -0.4 is 15.0 Å². The first-order chi connectivity index (χ1) is 20.1. The van der Waals surface area contributed by atoms with E-state index in [9.17, 15) is 18.0 Å². The van der Waals surface area contributed by atoms with Crippen molar-refractivity contribution in [1.29, 1.82) is 0 Å². The minimum Gasteiger partial charge on any atom is -0.406 e. The van der Waals surface area contributed by atoms with E-state index >= 15 is 0 Å². The van der Waals surface area contributed by atoms with Crippen molar-refractivity contribution in [1.82, 2.24) is 20.1 Å². The second-order valence-electron chi connectivity index (χ2n) is 9.91. The number of carbonyl (C=O) groups is 1. The van der Waals surface area contributed by atoms with Gasteiger partial charge in [0, 0.05) is 30.1 Å². The number of rotatable bonds is 6. The summed E-state index contributed by atoms with van der Waals surface area (Å²) in [5.41, 5.74) is 6.81. The number of aliphatic imine (C=N–C) groups is 1. The molecule has 0 bridgehead atoms. The lowest BCUT2D eigenvalue weighted by Crippen LogP contribution is -2.36. The van der Waals surface area contributed by atoms with E-state index < -0.39 is 12.4 Å². The number of carbonyl (C=O) groups excluding carboxylic acids is 1. The van der Waals surface area contributed by atoms with Gasteiger partial charge in [-0.15, -0.1) is 18.3 Å². The molecule has 1 aliphatic heterocycles. The molecule has 8 nitrogen and oxygen atoms in total. The predicted octanol–water partition coefficient (Wildman–Crippen LogP) is 6.97. The highest BCUT2D eigenvalue weighted by Gasteiger charge is 2.31. The second kappa shape index (κ2) is 12.3. The SMILES string of the molecule is Cc1cc(C)c(N2CCCSC2=NC(=O)NCc2ccc(-c3ncn(-c4ccc(OC(F)(F)F)cc4)n3)cc2)c(C)c1. The highest BCUT2D eigenvalue weighted by atomic mass is 32.2. The summed E-state index contributed by atoms with van der Waals surface area (Å²) in [6, 6.07) is 16.7. The zero-order chi connectivity index (χ0) is 29.9. The maximum atomic E-state index is 12.8. The molecule has 5 rings (SSSR count). The second-order valence-corrected chi connectivity index (χ2v) is 11.0. The summed E-state index contributed by atoms with van der Waals surface area (Å²) in [5, 5.41) is 8.00. The number of nitrogens with one attached hydrogen (secondary N) is 1. The Hall–Kier alpha value is -4.32. The highest BCUT2D eigenvalue weighted by Crippen LogP contribution is 2.32. The number of aryl methyl sites for hydroxylation is 3. The first-order valence-electron chi connectivity index (χ1n) is 13.3. The predicted molar refractivity (Wildman–Crippen MR) is 158 cm³/mol. The van der Waals surface area contributed by atoms with Crippen LogP contribution >= 0.6 is 11.8 Å². The van der Waals surface area contributed by atoms with Gasteiger partial charge in [-0.3, -0.25) is 0 Å². The Balaban J connectivity index is 1.21. The number of alkyl halides is 3. The number of amidine groups is 1. The summed E-state index contributed by atoms with van der Waals surface area (Å²) in [4.78, 5) is 23.6. The first-order valence-corrected chi connectivity index (χ1v) is 14.3. The molecule has 218 valence electrons. The van der Waals surface area contributed by atoms with Crippen molar-refractivity contribution in [3.8, 4) is 22.8 Å². The van der Waals surface area contributed by atoms with Crippen LogP contribution in [0.5, 0.6) is 5.75 Å². The Kier molecular flexibility index (Phi) is 8.53. The standard InChI is InChI=1S/C30H29F3N6O2S/c1-19-15-20(2)26(21(3)16-19)38-13-4-14-42-29(38)36-28(40)34-17-22-5-7-23(8-6-22)27-35-18-39(37-27)24-9-11-25(12-10-24)41-30(31,32)33/h5-12,15-16,18H,4,13-14,17H2,1-3H3,(H,34,40). The average Bonchev–Trinajstić information content (AvgIpc) is 3.43. The summed E-state index contributed by atoms with van der Waals surface area (Å²) in [6.07, 6.45) is -2.25. The lowest BCUT2D eigenvalue weighted by atomic mass is 10.0. The van der Waals surface area contributed by atoms with Gasteiger partial charge in [-0.1, -0.05) is 53.7 Å². The molecule has 3 aromatic carbocycles. The summed E-state index contributed by atoms with van der Waals surface area (Å²) < 4.78 is 42.6. The Bertz CT molecular complexity index is 1580. The Labute approximate surface area is 245 Å². The number of hydrogen-bond donors (Lipinski definition) is 1. The molecule has 1 aromatic heterocycles. The molecular weight excluding hydrogens is 565 g/mol. The molecule has 0 aliphatic carbocycles. The van der Waals surface area contributed by atoms with E-state index in [4.69, 9.17) is 0 Å². The van der Waals surface area contributed by atoms with E-state index in [1.165, 1.54) is 40.8 Å².